The molecule has 19 heavy (non-hydrogen) atoms. The number of nitrogens with zero attached hydrogens (tertiary/aromatic N) is 2. The first-order chi connectivity index (χ1) is 9.15. The third kappa shape index (κ3) is 2.20. The second-order valence-electron chi connectivity index (χ2n) is 5.26. The Hall–Kier alpha value is -1.92. The van der Waals surface area contributed by atoms with E-state index < -0.39 is 0 Å². The molecule has 0 saturated carbocycles. The Kier molecular flexibility index (Phi) is 2.96. The maximum absolute atomic E-state index is 12.2. The van der Waals surface area contributed by atoms with Crippen LogP contribution >= 0.6 is 0 Å². The molecule has 0 aromatic rings. The van der Waals surface area contributed by atoms with Crippen LogP contribution in [-0.4, -0.2) is 48.0 Å². The third-order valence-corrected chi connectivity index (χ3v) is 4.08. The van der Waals surface area contributed by atoms with Crippen molar-refractivity contribution in [1.82, 2.24) is 15.6 Å². The second kappa shape index (κ2) is 4.64. The molecule has 3 amide bonds. The molecule has 3 rings (SSSR count). The van der Waals surface area contributed by atoms with Gasteiger partial charge in [0.05, 0.1) is 12.3 Å². The van der Waals surface area contributed by atoms with Crippen LogP contribution in [0, 0.1) is 11.8 Å². The van der Waals surface area contributed by atoms with Crippen molar-refractivity contribution in [2.24, 2.45) is 16.9 Å². The summed E-state index contributed by atoms with van der Waals surface area (Å²) in [6.07, 6.45) is 1.87. The van der Waals surface area contributed by atoms with Gasteiger partial charge in [-0.2, -0.15) is 5.10 Å². The summed E-state index contributed by atoms with van der Waals surface area (Å²) in [5, 5.41) is 6.58. The van der Waals surface area contributed by atoms with Crippen molar-refractivity contribution < 1.29 is 14.4 Å². The Morgan fingerprint density at radius 2 is 2.16 bits per heavy atom. The van der Waals surface area contributed by atoms with Crippen molar-refractivity contribution in [3.8, 4) is 0 Å². The molecule has 2 fully saturated rings. The van der Waals surface area contributed by atoms with Gasteiger partial charge in [-0.3, -0.25) is 14.4 Å². The molecule has 0 bridgehead atoms. The van der Waals surface area contributed by atoms with E-state index in [2.05, 4.69) is 15.8 Å². The van der Waals surface area contributed by atoms with E-state index in [1.165, 1.54) is 0 Å². The zero-order valence-corrected chi connectivity index (χ0v) is 10.5. The normalized spacial score (nSPS) is 30.3. The highest BCUT2D eigenvalue weighted by Crippen LogP contribution is 2.29. The molecule has 2 saturated heterocycles. The number of piperidine rings is 2. The van der Waals surface area contributed by atoms with Gasteiger partial charge >= 0.3 is 0 Å². The standard InChI is InChI=1S/C12H16N4O3/c17-10-5-9(14-15-10)12(19)16-4-2-7-1-3-13-11(18)8(7)6-16/h7-8H,1-6H2,(H,13,18)(H,15,17)/t7-,8+/m0/s1. The fraction of sp³-hybridized carbons (Fsp3) is 0.667. The van der Waals surface area contributed by atoms with E-state index in [4.69, 9.17) is 0 Å². The van der Waals surface area contributed by atoms with Crippen LogP contribution in [0.1, 0.15) is 19.3 Å². The van der Waals surface area contributed by atoms with Gasteiger partial charge in [0.2, 0.25) is 11.8 Å². The zero-order valence-electron chi connectivity index (χ0n) is 10.5. The van der Waals surface area contributed by atoms with Crippen LogP contribution in [0.4, 0.5) is 0 Å². The largest absolute Gasteiger partial charge is 0.356 e. The summed E-state index contributed by atoms with van der Waals surface area (Å²) in [6, 6.07) is 0. The van der Waals surface area contributed by atoms with Gasteiger partial charge in [-0.05, 0) is 18.8 Å². The van der Waals surface area contributed by atoms with Gasteiger partial charge in [-0.15, -0.1) is 0 Å². The van der Waals surface area contributed by atoms with Crippen LogP contribution in [0.15, 0.2) is 5.10 Å². The first kappa shape index (κ1) is 12.1. The predicted octanol–water partition coefficient (Wildman–Crippen LogP) is -1.15. The molecule has 3 heterocycles. The smallest absolute Gasteiger partial charge is 0.270 e. The van der Waals surface area contributed by atoms with Crippen molar-refractivity contribution in [2.45, 2.75) is 19.3 Å². The average Bonchev–Trinajstić information content (AvgIpc) is 2.85. The van der Waals surface area contributed by atoms with Gasteiger partial charge in [0.15, 0.2) is 0 Å². The Bertz CT molecular complexity index is 474. The van der Waals surface area contributed by atoms with Crippen LogP contribution < -0.4 is 10.7 Å². The molecule has 7 nitrogen and oxygen atoms in total. The van der Waals surface area contributed by atoms with E-state index in [9.17, 15) is 14.4 Å². The number of hydrogen-bond acceptors (Lipinski definition) is 4. The van der Waals surface area contributed by atoms with Crippen LogP contribution in [0.2, 0.25) is 0 Å². The average molecular weight is 264 g/mol. The van der Waals surface area contributed by atoms with Crippen LogP contribution in [0.3, 0.4) is 0 Å². The van der Waals surface area contributed by atoms with Gasteiger partial charge in [0, 0.05) is 19.6 Å². The number of rotatable bonds is 1. The maximum atomic E-state index is 12.2. The maximum Gasteiger partial charge on any atom is 0.270 e. The molecule has 7 heteroatoms. The lowest BCUT2D eigenvalue weighted by Crippen LogP contribution is -2.54. The van der Waals surface area contributed by atoms with E-state index in [0.717, 1.165) is 19.4 Å². The lowest BCUT2D eigenvalue weighted by atomic mass is 9.80. The minimum Gasteiger partial charge on any atom is -0.356 e. The zero-order chi connectivity index (χ0) is 13.4. The van der Waals surface area contributed by atoms with E-state index in [1.54, 1.807) is 4.90 Å². The minimum atomic E-state index is -0.256. The van der Waals surface area contributed by atoms with Gasteiger partial charge in [-0.1, -0.05) is 0 Å². The first-order valence-corrected chi connectivity index (χ1v) is 6.57. The lowest BCUT2D eigenvalue weighted by molar-refractivity contribution is -0.135. The SMILES string of the molecule is O=C1CC(C(=O)N2CC[C@@H]3CCNC(=O)[C@@H]3C2)=NN1. The summed E-state index contributed by atoms with van der Waals surface area (Å²) in [5.74, 6) is -0.180. The molecule has 2 atom stereocenters. The Morgan fingerprint density at radius 3 is 2.89 bits per heavy atom. The summed E-state index contributed by atoms with van der Waals surface area (Å²) in [7, 11) is 0. The molecule has 0 spiro atoms. The van der Waals surface area contributed by atoms with Gasteiger partial charge in [-0.25, -0.2) is 5.43 Å². The molecule has 0 radical (unpaired) electrons. The number of fused-ring (bicyclic) bond motifs is 1. The molecule has 0 aliphatic carbocycles. The monoisotopic (exact) mass is 264 g/mol. The molecule has 0 aromatic carbocycles. The number of likely N-dealkylation sites (tertiary alicyclic amines) is 1. The summed E-state index contributed by atoms with van der Waals surface area (Å²) in [5.41, 5.74) is 2.53. The Balaban J connectivity index is 1.68. The van der Waals surface area contributed by atoms with Crippen molar-refractivity contribution in [3.05, 3.63) is 0 Å². The van der Waals surface area contributed by atoms with Crippen molar-refractivity contribution in [2.75, 3.05) is 19.6 Å². The van der Waals surface area contributed by atoms with Crippen LogP contribution in [0.25, 0.3) is 0 Å². The molecular weight excluding hydrogens is 248 g/mol. The molecule has 2 N–H and O–H groups in total. The number of carbonyl (C=O) groups is 3. The lowest BCUT2D eigenvalue weighted by Gasteiger charge is -2.40. The van der Waals surface area contributed by atoms with Crippen molar-refractivity contribution >= 4 is 23.4 Å². The minimum absolute atomic E-state index is 0.0373. The van der Waals surface area contributed by atoms with Crippen LogP contribution in [0.5, 0.6) is 0 Å². The van der Waals surface area contributed by atoms with Crippen LogP contribution in [-0.2, 0) is 14.4 Å². The highest BCUT2D eigenvalue weighted by Gasteiger charge is 2.39. The predicted molar refractivity (Wildman–Crippen MR) is 66.0 cm³/mol. The van der Waals surface area contributed by atoms with Gasteiger partial charge in [0.25, 0.3) is 5.91 Å². The number of nitrogens with one attached hydrogen (secondary N) is 2. The Labute approximate surface area is 110 Å². The van der Waals surface area contributed by atoms with E-state index in [1.807, 2.05) is 0 Å². The molecule has 3 aliphatic heterocycles. The van der Waals surface area contributed by atoms with E-state index in [-0.39, 0.29) is 35.8 Å². The number of hydrogen-bond donors (Lipinski definition) is 2. The van der Waals surface area contributed by atoms with Gasteiger partial charge < -0.3 is 10.2 Å². The third-order valence-electron chi connectivity index (χ3n) is 4.08. The molecule has 102 valence electrons. The number of carbonyl (C=O) groups excluding carboxylic acids is 3. The molecule has 0 aromatic heterocycles. The highest BCUT2D eigenvalue weighted by molar-refractivity contribution is 6.43. The van der Waals surface area contributed by atoms with Crippen molar-refractivity contribution in [1.29, 1.82) is 0 Å². The number of amides is 3. The van der Waals surface area contributed by atoms with Crippen molar-refractivity contribution in [3.63, 3.8) is 0 Å². The quantitative estimate of drug-likeness (QED) is 0.626. The van der Waals surface area contributed by atoms with Gasteiger partial charge in [0.1, 0.15) is 5.71 Å². The first-order valence-electron chi connectivity index (χ1n) is 6.57. The highest BCUT2D eigenvalue weighted by atomic mass is 16.2. The van der Waals surface area contributed by atoms with E-state index >= 15 is 0 Å². The summed E-state index contributed by atoms with van der Waals surface area (Å²) in [6.45, 7) is 1.81. The second-order valence-corrected chi connectivity index (χ2v) is 5.26. The topological polar surface area (TPSA) is 90.9 Å². The molecule has 0 unspecified atom stereocenters. The fourth-order valence-electron chi connectivity index (χ4n) is 3.01. The fourth-order valence-corrected chi connectivity index (χ4v) is 3.01. The van der Waals surface area contributed by atoms with E-state index in [0.29, 0.717) is 19.0 Å². The summed E-state index contributed by atoms with van der Waals surface area (Å²) in [4.78, 5) is 36.7. The summed E-state index contributed by atoms with van der Waals surface area (Å²) >= 11 is 0. The summed E-state index contributed by atoms with van der Waals surface area (Å²) < 4.78 is 0. The molecule has 3 aliphatic rings. The number of hydrazone groups is 1. The Morgan fingerprint density at radius 1 is 1.32 bits per heavy atom. The molecular formula is C12H16N4O3.